The van der Waals surface area contributed by atoms with E-state index in [-0.39, 0.29) is 3.79 Å². The molecule has 0 aromatic heterocycles. The highest BCUT2D eigenvalue weighted by atomic mass is 127. The maximum atomic E-state index is 10.6. The Bertz CT molecular complexity index is 205. The molecule has 0 unspecified atom stereocenters. The minimum atomic E-state index is 0.0709. The normalized spacial score (nSPS) is 9.00. The van der Waals surface area contributed by atoms with Crippen LogP contribution in [-0.2, 0) is 0 Å². The Kier molecular flexibility index (Phi) is 2.22. The molecule has 1 nitrogen and oxygen atoms in total. The van der Waals surface area contributed by atoms with E-state index in [4.69, 9.17) is 0 Å². The topological polar surface area (TPSA) is 17.1 Å². The third kappa shape index (κ3) is 1.78. The summed E-state index contributed by atoms with van der Waals surface area (Å²) in [6.45, 7) is 0. The van der Waals surface area contributed by atoms with E-state index < -0.39 is 0 Å². The van der Waals surface area contributed by atoms with Crippen LogP contribution < -0.4 is 0 Å². The number of halogens is 1. The molecule has 0 N–H and O–H groups in total. The molecule has 1 rings (SSSR count). The predicted octanol–water partition coefficient (Wildman–Crippen LogP) is 2.06. The molecule has 0 fully saturated rings. The highest BCUT2D eigenvalue weighted by Gasteiger charge is 1.95. The van der Waals surface area contributed by atoms with Gasteiger partial charge in [0.15, 0.2) is 0 Å². The Balaban J connectivity index is 2.98. The summed E-state index contributed by atoms with van der Waals surface area (Å²) in [6.07, 6.45) is 0. The van der Waals surface area contributed by atoms with Gasteiger partial charge in [-0.2, -0.15) is 0 Å². The van der Waals surface area contributed by atoms with Gasteiger partial charge in [0.2, 0.25) is 3.79 Å². The Morgan fingerprint density at radius 2 is 2.00 bits per heavy atom. The smallest absolute Gasteiger partial charge is 0.222 e. The van der Waals surface area contributed by atoms with Crippen molar-refractivity contribution in [3.63, 3.8) is 0 Å². The van der Waals surface area contributed by atoms with Crippen LogP contribution in [-0.4, -0.2) is 3.79 Å². The largest absolute Gasteiger partial charge is 0.282 e. The van der Waals surface area contributed by atoms with Gasteiger partial charge in [0, 0.05) is 28.2 Å². The number of carbonyl (C=O) groups is 1. The van der Waals surface area contributed by atoms with Crippen LogP contribution in [0.1, 0.15) is 10.4 Å². The van der Waals surface area contributed by atoms with Crippen LogP contribution in [0, 0.1) is 6.07 Å². The van der Waals surface area contributed by atoms with Crippen LogP contribution in [0.15, 0.2) is 24.3 Å². The van der Waals surface area contributed by atoms with E-state index in [1.54, 1.807) is 46.9 Å². The first-order valence-electron chi connectivity index (χ1n) is 2.46. The van der Waals surface area contributed by atoms with Crippen molar-refractivity contribution in [1.82, 2.24) is 0 Å². The van der Waals surface area contributed by atoms with Crippen molar-refractivity contribution in [1.29, 1.82) is 0 Å². The van der Waals surface area contributed by atoms with Crippen LogP contribution in [0.3, 0.4) is 0 Å². The molecular formula is C7H4IO. The number of hydrogen-bond acceptors (Lipinski definition) is 1. The van der Waals surface area contributed by atoms with Gasteiger partial charge < -0.3 is 0 Å². The lowest BCUT2D eigenvalue weighted by molar-refractivity contribution is 0.110. The van der Waals surface area contributed by atoms with Crippen LogP contribution in [0.2, 0.25) is 0 Å². The van der Waals surface area contributed by atoms with Gasteiger partial charge in [-0.1, -0.05) is 12.1 Å². The molecule has 9 heavy (non-hydrogen) atoms. The van der Waals surface area contributed by atoms with E-state index in [0.29, 0.717) is 0 Å². The molecule has 0 bridgehead atoms. The average molecular weight is 231 g/mol. The monoisotopic (exact) mass is 231 g/mol. The van der Waals surface area contributed by atoms with E-state index in [9.17, 15) is 4.79 Å². The van der Waals surface area contributed by atoms with Gasteiger partial charge in [0.1, 0.15) is 0 Å². The fourth-order valence-corrected chi connectivity index (χ4v) is 0.878. The van der Waals surface area contributed by atoms with E-state index in [0.717, 1.165) is 5.56 Å². The van der Waals surface area contributed by atoms with Crippen molar-refractivity contribution in [2.75, 3.05) is 0 Å². The molecule has 1 aromatic carbocycles. The van der Waals surface area contributed by atoms with Crippen molar-refractivity contribution in [3.8, 4) is 0 Å². The zero-order valence-corrected chi connectivity index (χ0v) is 6.75. The quantitative estimate of drug-likeness (QED) is 0.534. The summed E-state index contributed by atoms with van der Waals surface area (Å²) in [5.41, 5.74) is 0.731. The maximum absolute atomic E-state index is 10.6. The zero-order chi connectivity index (χ0) is 6.69. The molecule has 0 saturated carbocycles. The molecule has 0 amide bonds. The average Bonchev–Trinajstić information content (AvgIpc) is 1.90. The fraction of sp³-hybridized carbons (Fsp3) is 0. The van der Waals surface area contributed by atoms with Crippen LogP contribution in [0.4, 0.5) is 0 Å². The Hall–Kier alpha value is -0.380. The van der Waals surface area contributed by atoms with Crippen molar-refractivity contribution in [2.45, 2.75) is 0 Å². The van der Waals surface area contributed by atoms with Crippen molar-refractivity contribution in [2.24, 2.45) is 0 Å². The summed E-state index contributed by atoms with van der Waals surface area (Å²) < 4.78 is 0.0709. The SMILES string of the molecule is O=C(I)c1cc[c]cc1. The summed E-state index contributed by atoms with van der Waals surface area (Å²) in [7, 11) is 0. The highest BCUT2D eigenvalue weighted by molar-refractivity contribution is 14.1. The fourth-order valence-electron chi connectivity index (χ4n) is 0.518. The number of carbonyl (C=O) groups excluding carboxylic acids is 1. The molecule has 0 atom stereocenters. The van der Waals surface area contributed by atoms with Crippen LogP contribution in [0.5, 0.6) is 0 Å². The molecule has 0 heterocycles. The summed E-state index contributed by atoms with van der Waals surface area (Å²) in [6, 6.07) is 9.78. The molecule has 0 aliphatic carbocycles. The minimum Gasteiger partial charge on any atom is -0.282 e. The van der Waals surface area contributed by atoms with Gasteiger partial charge in [-0.15, -0.1) is 0 Å². The third-order valence-corrected chi connectivity index (χ3v) is 1.57. The van der Waals surface area contributed by atoms with Crippen LogP contribution in [0.25, 0.3) is 0 Å². The Labute approximate surface area is 67.2 Å². The van der Waals surface area contributed by atoms with Crippen molar-refractivity contribution >= 4 is 26.4 Å². The van der Waals surface area contributed by atoms with E-state index in [1.807, 2.05) is 0 Å². The minimum absolute atomic E-state index is 0.0709. The number of hydrogen-bond donors (Lipinski definition) is 0. The molecule has 1 radical (unpaired) electrons. The highest BCUT2D eigenvalue weighted by Crippen LogP contribution is 2.03. The second kappa shape index (κ2) is 2.96. The first kappa shape index (κ1) is 6.74. The number of benzene rings is 1. The Morgan fingerprint density at radius 1 is 1.44 bits per heavy atom. The molecule has 2 heteroatoms. The van der Waals surface area contributed by atoms with Crippen molar-refractivity contribution in [3.05, 3.63) is 35.9 Å². The molecule has 1 aromatic rings. The standard InChI is InChI=1S/C7H4IO/c8-7(9)6-4-2-1-3-5-6/h2-5H. The maximum Gasteiger partial charge on any atom is 0.222 e. The molecule has 0 spiro atoms. The van der Waals surface area contributed by atoms with Gasteiger partial charge in [0.25, 0.3) is 0 Å². The molecule has 45 valence electrons. The molecule has 0 aliphatic heterocycles. The van der Waals surface area contributed by atoms with E-state index in [1.165, 1.54) is 0 Å². The van der Waals surface area contributed by atoms with Gasteiger partial charge in [-0.25, -0.2) is 0 Å². The summed E-state index contributed by atoms with van der Waals surface area (Å²) in [4.78, 5) is 10.6. The summed E-state index contributed by atoms with van der Waals surface area (Å²) in [5.74, 6) is 0. The molecule has 0 aliphatic rings. The second-order valence-corrected chi connectivity index (χ2v) is 2.54. The molecule has 0 saturated heterocycles. The second-order valence-electron chi connectivity index (χ2n) is 1.56. The first-order valence-corrected chi connectivity index (χ1v) is 3.54. The lowest BCUT2D eigenvalue weighted by Gasteiger charge is -1.87. The molecular weight excluding hydrogens is 227 g/mol. The lowest BCUT2D eigenvalue weighted by Crippen LogP contribution is -1.83. The van der Waals surface area contributed by atoms with Gasteiger partial charge in [0.05, 0.1) is 0 Å². The number of rotatable bonds is 1. The van der Waals surface area contributed by atoms with Gasteiger partial charge >= 0.3 is 0 Å². The predicted molar refractivity (Wildman–Crippen MR) is 43.6 cm³/mol. The summed E-state index contributed by atoms with van der Waals surface area (Å²) >= 11 is 1.76. The summed E-state index contributed by atoms with van der Waals surface area (Å²) in [5, 5.41) is 0. The van der Waals surface area contributed by atoms with Crippen LogP contribution >= 0.6 is 22.6 Å². The van der Waals surface area contributed by atoms with Gasteiger partial charge in [-0.05, 0) is 18.2 Å². The lowest BCUT2D eigenvalue weighted by atomic mass is 10.2. The first-order chi connectivity index (χ1) is 4.30. The van der Waals surface area contributed by atoms with Gasteiger partial charge in [-0.3, -0.25) is 4.79 Å². The Morgan fingerprint density at radius 3 is 2.33 bits per heavy atom. The zero-order valence-electron chi connectivity index (χ0n) is 4.60. The van der Waals surface area contributed by atoms with Crippen molar-refractivity contribution < 1.29 is 4.79 Å². The third-order valence-electron chi connectivity index (χ3n) is 0.945. The van der Waals surface area contributed by atoms with E-state index >= 15 is 0 Å². The van der Waals surface area contributed by atoms with E-state index in [2.05, 4.69) is 6.07 Å².